The Balaban J connectivity index is 1.76. The van der Waals surface area contributed by atoms with Crippen molar-refractivity contribution in [3.63, 3.8) is 0 Å². The lowest BCUT2D eigenvalue weighted by Crippen LogP contribution is -2.69. The van der Waals surface area contributed by atoms with Crippen LogP contribution in [0.15, 0.2) is 12.2 Å². The molecule has 2 saturated heterocycles. The number of esters is 3. The maximum absolute atomic E-state index is 14.3. The van der Waals surface area contributed by atoms with Gasteiger partial charge in [-0.25, -0.2) is 4.57 Å². The van der Waals surface area contributed by atoms with Gasteiger partial charge in [-0.05, 0) is 44.9 Å². The molecule has 11 N–H and O–H groups in total. The van der Waals surface area contributed by atoms with E-state index in [0.29, 0.717) is 19.3 Å². The third-order valence-electron chi connectivity index (χ3n) is 17.8. The summed E-state index contributed by atoms with van der Waals surface area (Å²) in [5, 5.41) is 110. The Morgan fingerprint density at radius 1 is 0.409 bits per heavy atom. The van der Waals surface area contributed by atoms with E-state index in [1.807, 2.05) is 0 Å². The van der Waals surface area contributed by atoms with Crippen LogP contribution in [0.2, 0.25) is 0 Å². The first-order chi connectivity index (χ1) is 44.8. The number of hydrogen-bond acceptors (Lipinski definition) is 23. The van der Waals surface area contributed by atoms with Gasteiger partial charge in [0.2, 0.25) is 0 Å². The Morgan fingerprint density at radius 3 is 1.17 bits per heavy atom. The number of hydrogen-bond donors (Lipinski definition) is 11. The van der Waals surface area contributed by atoms with Gasteiger partial charge < -0.3 is 89.1 Å². The average molecular weight is 1360 g/mol. The number of ether oxygens (including phenoxy) is 7. The summed E-state index contributed by atoms with van der Waals surface area (Å²) >= 11 is 0. The summed E-state index contributed by atoms with van der Waals surface area (Å²) < 4.78 is 64.8. The first-order valence-corrected chi connectivity index (χ1v) is 37.5. The Labute approximate surface area is 554 Å². The summed E-state index contributed by atoms with van der Waals surface area (Å²) in [6.07, 6.45) is 7.38. The lowest BCUT2D eigenvalue weighted by molar-refractivity contribution is -0.360. The number of aliphatic hydroxyl groups excluding tert-OH is 10. The molecule has 25 heteroatoms. The molecule has 18 atom stereocenters. The van der Waals surface area contributed by atoms with E-state index in [1.54, 1.807) is 0 Å². The van der Waals surface area contributed by atoms with Gasteiger partial charge in [0.25, 0.3) is 0 Å². The third kappa shape index (κ3) is 34.9. The highest BCUT2D eigenvalue weighted by molar-refractivity contribution is 7.47. The van der Waals surface area contributed by atoms with Crippen LogP contribution in [0.5, 0.6) is 0 Å². The molecule has 1 saturated carbocycles. The highest BCUT2D eigenvalue weighted by atomic mass is 31.2. The van der Waals surface area contributed by atoms with E-state index in [4.69, 9.17) is 42.2 Å². The van der Waals surface area contributed by atoms with Crippen LogP contribution >= 0.6 is 7.82 Å². The zero-order valence-corrected chi connectivity index (χ0v) is 57.4. The average Bonchev–Trinajstić information content (AvgIpc) is 0.785. The number of carbonyl (C=O) groups is 3. The monoisotopic (exact) mass is 1360 g/mol. The van der Waals surface area contributed by atoms with Crippen LogP contribution in [0, 0.1) is 0 Å². The fraction of sp³-hybridized carbons (Fsp3) is 0.926. The van der Waals surface area contributed by atoms with Crippen LogP contribution in [-0.4, -0.2) is 204 Å². The van der Waals surface area contributed by atoms with E-state index in [-0.39, 0.29) is 19.3 Å². The van der Waals surface area contributed by atoms with Gasteiger partial charge in [0.05, 0.1) is 13.2 Å². The molecule has 3 fully saturated rings. The van der Waals surface area contributed by atoms with E-state index in [1.165, 1.54) is 116 Å². The number of rotatable bonds is 55. The maximum atomic E-state index is 14.3. The second-order valence-electron chi connectivity index (χ2n) is 26.0. The Bertz CT molecular complexity index is 1990. The van der Waals surface area contributed by atoms with Crippen molar-refractivity contribution in [1.29, 1.82) is 0 Å². The van der Waals surface area contributed by atoms with Crippen molar-refractivity contribution in [3.8, 4) is 0 Å². The number of aliphatic hydroxyl groups is 10. The lowest BCUT2D eigenvalue weighted by atomic mass is 9.84. The molecule has 546 valence electrons. The summed E-state index contributed by atoms with van der Waals surface area (Å²) in [4.78, 5) is 50.8. The molecule has 18 unspecified atom stereocenters. The van der Waals surface area contributed by atoms with Crippen LogP contribution in [-0.2, 0) is 61.2 Å². The van der Waals surface area contributed by atoms with Crippen LogP contribution in [0.25, 0.3) is 0 Å². The van der Waals surface area contributed by atoms with Crippen molar-refractivity contribution in [1.82, 2.24) is 0 Å². The minimum Gasteiger partial charge on any atom is -0.463 e. The molecule has 93 heavy (non-hydrogen) atoms. The molecule has 0 aromatic carbocycles. The molecule has 0 spiro atoms. The highest BCUT2D eigenvalue weighted by Crippen LogP contribution is 2.49. The fourth-order valence-electron chi connectivity index (χ4n) is 11.9. The van der Waals surface area contributed by atoms with Crippen LogP contribution in [0.3, 0.4) is 0 Å². The van der Waals surface area contributed by atoms with Gasteiger partial charge in [-0.2, -0.15) is 0 Å². The van der Waals surface area contributed by atoms with Crippen LogP contribution < -0.4 is 0 Å². The summed E-state index contributed by atoms with van der Waals surface area (Å²) in [7, 11) is -5.69. The third-order valence-corrected chi connectivity index (χ3v) is 18.8. The van der Waals surface area contributed by atoms with E-state index < -0.39 is 156 Å². The molecule has 2 heterocycles. The number of phosphoric acid groups is 1. The van der Waals surface area contributed by atoms with Gasteiger partial charge in [0.1, 0.15) is 98.7 Å². The zero-order valence-electron chi connectivity index (χ0n) is 56.5. The molecule has 3 aliphatic rings. The van der Waals surface area contributed by atoms with Gasteiger partial charge in [-0.1, -0.05) is 219 Å². The molecule has 3 rings (SSSR count). The zero-order chi connectivity index (χ0) is 68.2. The Hall–Kier alpha value is -2.30. The van der Waals surface area contributed by atoms with Gasteiger partial charge in [-0.3, -0.25) is 23.4 Å². The molecular weight excluding hydrogens is 1230 g/mol. The van der Waals surface area contributed by atoms with Crippen LogP contribution in [0.1, 0.15) is 271 Å². The first kappa shape index (κ1) is 84.9. The maximum Gasteiger partial charge on any atom is 0.472 e. The highest BCUT2D eigenvalue weighted by Gasteiger charge is 2.58. The van der Waals surface area contributed by atoms with E-state index >= 15 is 0 Å². The lowest BCUT2D eigenvalue weighted by Gasteiger charge is -2.49. The summed E-state index contributed by atoms with van der Waals surface area (Å²) in [6, 6.07) is 0. The molecule has 0 aromatic rings. The van der Waals surface area contributed by atoms with Crippen molar-refractivity contribution in [2.45, 2.75) is 375 Å². The van der Waals surface area contributed by atoms with E-state index in [0.717, 1.165) is 96.3 Å². The first-order valence-electron chi connectivity index (χ1n) is 36.0. The predicted molar refractivity (Wildman–Crippen MR) is 347 cm³/mol. The van der Waals surface area contributed by atoms with Gasteiger partial charge >= 0.3 is 25.7 Å². The fourth-order valence-corrected chi connectivity index (χ4v) is 12.8. The molecule has 24 nitrogen and oxygen atoms in total. The van der Waals surface area contributed by atoms with E-state index in [2.05, 4.69) is 32.9 Å². The van der Waals surface area contributed by atoms with E-state index in [9.17, 15) is 74.9 Å². The molecule has 0 radical (unpaired) electrons. The smallest absolute Gasteiger partial charge is 0.463 e. The molecule has 0 bridgehead atoms. The summed E-state index contributed by atoms with van der Waals surface area (Å²) in [5.41, 5.74) is 0. The van der Waals surface area contributed by atoms with Crippen molar-refractivity contribution in [3.05, 3.63) is 12.2 Å². The second kappa shape index (κ2) is 50.9. The minimum atomic E-state index is -5.69. The molecule has 1 aliphatic carbocycles. The number of allylic oxidation sites excluding steroid dienone is 2. The van der Waals surface area contributed by atoms with Crippen molar-refractivity contribution in [2.75, 3.05) is 26.4 Å². The largest absolute Gasteiger partial charge is 0.472 e. The quantitative estimate of drug-likeness (QED) is 0.00890. The molecular formula is C68H125O24P. The normalized spacial score (nSPS) is 28.5. The van der Waals surface area contributed by atoms with Gasteiger partial charge in [0.15, 0.2) is 18.7 Å². The van der Waals surface area contributed by atoms with Crippen molar-refractivity contribution in [2.24, 2.45) is 0 Å². The SMILES string of the molecule is CCCCCCCCC/C=C\CCCCCC(=O)OCC(COP(=O)(O)OC1C(OC2OC(CO)C(O)C(O)C2O)C(O)C(O)C(O)C1OC1OC(COC(=O)CCCCCCCCCCCCCC)C(O)C(O)C1O)OC(=O)CCCCCCCCCCCCCC. The standard InChI is InChI=1S/C68H125O24P/c1-4-7-10-13-16-19-22-25-26-29-31-33-36-39-42-52(70)84-46-49(87-54(72)44-41-38-35-32-28-24-21-18-15-12-9-6-3)47-86-93(82,83)92-66-64(90-67-62(80)57(75)55(73)50(45-69)88-67)60(78)59(77)61(79)65(66)91-68-63(81)58(76)56(74)51(89-68)48-85-53(71)43-40-37-34-30-27-23-20-17-14-11-8-5-2/h26,29,49-51,55-69,73-81H,4-25,27-28,30-48H2,1-3H3,(H,82,83)/b29-26-. The minimum absolute atomic E-state index is 0.0277. The Kier molecular flexibility index (Phi) is 46.5. The number of phosphoric ester groups is 1. The molecule has 0 amide bonds. The number of unbranched alkanes of at least 4 members (excludes halogenated alkanes) is 32. The van der Waals surface area contributed by atoms with Crippen LogP contribution in [0.4, 0.5) is 0 Å². The molecule has 2 aliphatic heterocycles. The Morgan fingerprint density at radius 2 is 0.753 bits per heavy atom. The number of carbonyl (C=O) groups excluding carboxylic acids is 3. The van der Waals surface area contributed by atoms with Crippen molar-refractivity contribution >= 4 is 25.7 Å². The van der Waals surface area contributed by atoms with Gasteiger partial charge in [0, 0.05) is 19.3 Å². The van der Waals surface area contributed by atoms with Crippen molar-refractivity contribution < 1.29 is 117 Å². The predicted octanol–water partition coefficient (Wildman–Crippen LogP) is 8.79. The van der Waals surface area contributed by atoms with Gasteiger partial charge in [-0.15, -0.1) is 0 Å². The molecule has 0 aromatic heterocycles. The topological polar surface area (TPSA) is 374 Å². The summed E-state index contributed by atoms with van der Waals surface area (Å²) in [6.45, 7) is 3.40. The second-order valence-corrected chi connectivity index (χ2v) is 27.4. The summed E-state index contributed by atoms with van der Waals surface area (Å²) in [5.74, 6) is -2.00.